The topological polar surface area (TPSA) is 12.5 Å². The molecule has 1 fully saturated rings. The second kappa shape index (κ2) is 4.06. The van der Waals surface area contributed by atoms with Crippen molar-refractivity contribution < 1.29 is 4.74 Å². The number of benzene rings is 4. The zero-order valence-electron chi connectivity index (χ0n) is 11.5. The van der Waals surface area contributed by atoms with Crippen LogP contribution in [0.4, 0.5) is 0 Å². The molecule has 1 saturated heterocycles. The Balaban J connectivity index is 2.04. The van der Waals surface area contributed by atoms with Gasteiger partial charge in [0.15, 0.2) is 0 Å². The zero-order valence-corrected chi connectivity index (χ0v) is 11.5. The van der Waals surface area contributed by atoms with Crippen molar-refractivity contribution in [1.29, 1.82) is 0 Å². The van der Waals surface area contributed by atoms with Gasteiger partial charge >= 0.3 is 0 Å². The highest BCUT2D eigenvalue weighted by Gasteiger charge is 2.25. The van der Waals surface area contributed by atoms with E-state index in [9.17, 15) is 0 Å². The van der Waals surface area contributed by atoms with Crippen molar-refractivity contribution >= 4 is 32.3 Å². The van der Waals surface area contributed by atoms with Crippen LogP contribution in [0.3, 0.4) is 0 Å². The summed E-state index contributed by atoms with van der Waals surface area (Å²) in [7, 11) is 0. The first kappa shape index (κ1) is 11.3. The van der Waals surface area contributed by atoms with Gasteiger partial charge in [-0.05, 0) is 43.9 Å². The van der Waals surface area contributed by atoms with E-state index in [4.69, 9.17) is 4.74 Å². The third-order valence-electron chi connectivity index (χ3n) is 4.47. The molecule has 0 bridgehead atoms. The van der Waals surface area contributed by atoms with Crippen LogP contribution >= 0.6 is 0 Å². The van der Waals surface area contributed by atoms with E-state index in [0.717, 1.165) is 6.61 Å². The molecule has 1 aliphatic heterocycles. The zero-order chi connectivity index (χ0) is 13.8. The molecule has 1 heterocycles. The van der Waals surface area contributed by atoms with Gasteiger partial charge < -0.3 is 4.74 Å². The Morgan fingerprint density at radius 2 is 1.10 bits per heavy atom. The van der Waals surface area contributed by atoms with E-state index in [1.54, 1.807) is 0 Å². The van der Waals surface area contributed by atoms with Crippen LogP contribution in [0.25, 0.3) is 32.3 Å². The fraction of sp³-hybridized carbons (Fsp3) is 0.100. The summed E-state index contributed by atoms with van der Waals surface area (Å²) in [5, 5.41) is 7.97. The first-order valence-electron chi connectivity index (χ1n) is 7.36. The molecule has 0 saturated carbocycles. The van der Waals surface area contributed by atoms with Crippen LogP contribution < -0.4 is 0 Å². The van der Waals surface area contributed by atoms with Gasteiger partial charge in [0.05, 0.1) is 6.61 Å². The molecular formula is C20H14O. The van der Waals surface area contributed by atoms with Crippen LogP contribution in [0.15, 0.2) is 66.7 Å². The fourth-order valence-electron chi connectivity index (χ4n) is 3.37. The minimum Gasteiger partial charge on any atom is -0.368 e. The van der Waals surface area contributed by atoms with E-state index in [0.29, 0.717) is 6.10 Å². The standard InChI is InChI=1S/C20H14O/c1-2-7-16-14(5-1)15-6-3-4-8-17(15)19-11-13(20-12-21-20)9-10-18(16)19/h1-11,20H,12H2. The first-order chi connectivity index (χ1) is 10.4. The minimum absolute atomic E-state index is 0.305. The number of hydrogen-bond acceptors (Lipinski definition) is 1. The molecule has 5 rings (SSSR count). The predicted molar refractivity (Wildman–Crippen MR) is 87.7 cm³/mol. The normalized spacial score (nSPS) is 17.6. The number of hydrogen-bond donors (Lipinski definition) is 0. The molecule has 4 aromatic rings. The van der Waals surface area contributed by atoms with Crippen molar-refractivity contribution in [2.24, 2.45) is 0 Å². The van der Waals surface area contributed by atoms with Crippen LogP contribution in [0, 0.1) is 0 Å². The van der Waals surface area contributed by atoms with E-state index in [1.807, 2.05) is 0 Å². The number of rotatable bonds is 1. The van der Waals surface area contributed by atoms with Gasteiger partial charge in [-0.25, -0.2) is 0 Å². The molecule has 100 valence electrons. The second-order valence-electron chi connectivity index (χ2n) is 5.72. The highest BCUT2D eigenvalue weighted by molar-refractivity contribution is 6.25. The Hall–Kier alpha value is -2.38. The highest BCUT2D eigenvalue weighted by Crippen LogP contribution is 2.38. The maximum atomic E-state index is 5.44. The maximum absolute atomic E-state index is 5.44. The van der Waals surface area contributed by atoms with Crippen LogP contribution in [0.2, 0.25) is 0 Å². The van der Waals surface area contributed by atoms with E-state index in [1.165, 1.54) is 37.9 Å². The van der Waals surface area contributed by atoms with Crippen molar-refractivity contribution in [3.63, 3.8) is 0 Å². The molecule has 1 nitrogen and oxygen atoms in total. The molecule has 1 unspecified atom stereocenters. The van der Waals surface area contributed by atoms with Gasteiger partial charge in [0.25, 0.3) is 0 Å². The highest BCUT2D eigenvalue weighted by atomic mass is 16.6. The van der Waals surface area contributed by atoms with Crippen LogP contribution in [0.5, 0.6) is 0 Å². The van der Waals surface area contributed by atoms with Gasteiger partial charge in [0.1, 0.15) is 6.10 Å². The summed E-state index contributed by atoms with van der Waals surface area (Å²) in [6.07, 6.45) is 0.305. The van der Waals surface area contributed by atoms with Crippen molar-refractivity contribution in [3.8, 4) is 0 Å². The predicted octanol–water partition coefficient (Wildman–Crippen LogP) is 5.22. The van der Waals surface area contributed by atoms with Gasteiger partial charge in [0, 0.05) is 0 Å². The van der Waals surface area contributed by atoms with E-state index in [2.05, 4.69) is 66.7 Å². The first-order valence-corrected chi connectivity index (χ1v) is 7.36. The van der Waals surface area contributed by atoms with E-state index >= 15 is 0 Å². The molecule has 0 spiro atoms. The Labute approximate surface area is 122 Å². The number of fused-ring (bicyclic) bond motifs is 6. The molecule has 0 N–H and O–H groups in total. The SMILES string of the molecule is c1ccc2c(c1)c1ccccc1c1cc(C3CO3)ccc21. The summed E-state index contributed by atoms with van der Waals surface area (Å²) in [6.45, 7) is 0.858. The van der Waals surface area contributed by atoms with Crippen molar-refractivity contribution in [1.82, 2.24) is 0 Å². The van der Waals surface area contributed by atoms with Crippen LogP contribution in [-0.4, -0.2) is 6.61 Å². The Morgan fingerprint density at radius 3 is 1.62 bits per heavy atom. The monoisotopic (exact) mass is 270 g/mol. The Morgan fingerprint density at radius 1 is 0.619 bits per heavy atom. The van der Waals surface area contributed by atoms with E-state index < -0.39 is 0 Å². The summed E-state index contributed by atoms with van der Waals surface area (Å²) < 4.78 is 5.44. The largest absolute Gasteiger partial charge is 0.368 e. The molecule has 1 heteroatoms. The molecule has 1 atom stereocenters. The molecule has 21 heavy (non-hydrogen) atoms. The summed E-state index contributed by atoms with van der Waals surface area (Å²) >= 11 is 0. The van der Waals surface area contributed by atoms with E-state index in [-0.39, 0.29) is 0 Å². The van der Waals surface area contributed by atoms with Crippen LogP contribution in [-0.2, 0) is 4.74 Å². The summed E-state index contributed by atoms with van der Waals surface area (Å²) in [6, 6.07) is 24.1. The third-order valence-corrected chi connectivity index (χ3v) is 4.47. The number of epoxide rings is 1. The van der Waals surface area contributed by atoms with Gasteiger partial charge in [-0.3, -0.25) is 0 Å². The minimum atomic E-state index is 0.305. The molecule has 1 aliphatic rings. The van der Waals surface area contributed by atoms with Gasteiger partial charge in [-0.2, -0.15) is 0 Å². The summed E-state index contributed by atoms with van der Waals surface area (Å²) in [4.78, 5) is 0. The van der Waals surface area contributed by atoms with Gasteiger partial charge in [0.2, 0.25) is 0 Å². The number of ether oxygens (including phenoxy) is 1. The van der Waals surface area contributed by atoms with Gasteiger partial charge in [-0.1, -0.05) is 60.7 Å². The van der Waals surface area contributed by atoms with Crippen LogP contribution in [0.1, 0.15) is 11.7 Å². The second-order valence-corrected chi connectivity index (χ2v) is 5.72. The average molecular weight is 270 g/mol. The lowest BCUT2D eigenvalue weighted by Gasteiger charge is -2.11. The molecule has 0 aliphatic carbocycles. The Bertz CT molecular complexity index is 961. The lowest BCUT2D eigenvalue weighted by molar-refractivity contribution is 0.416. The molecule has 0 radical (unpaired) electrons. The lowest BCUT2D eigenvalue weighted by atomic mass is 9.93. The summed E-state index contributed by atoms with van der Waals surface area (Å²) in [5.41, 5.74) is 1.29. The fourth-order valence-corrected chi connectivity index (χ4v) is 3.37. The van der Waals surface area contributed by atoms with Gasteiger partial charge in [-0.15, -0.1) is 0 Å². The smallest absolute Gasteiger partial charge is 0.106 e. The third kappa shape index (κ3) is 1.61. The quantitative estimate of drug-likeness (QED) is 0.341. The van der Waals surface area contributed by atoms with Crippen molar-refractivity contribution in [3.05, 3.63) is 72.3 Å². The molecule has 0 aromatic heterocycles. The maximum Gasteiger partial charge on any atom is 0.106 e. The van der Waals surface area contributed by atoms with Crippen molar-refractivity contribution in [2.75, 3.05) is 6.61 Å². The molecule has 0 amide bonds. The lowest BCUT2D eigenvalue weighted by Crippen LogP contribution is -1.86. The van der Waals surface area contributed by atoms with Crippen molar-refractivity contribution in [2.45, 2.75) is 6.10 Å². The molecule has 4 aromatic carbocycles. The average Bonchev–Trinajstić information content (AvgIpc) is 3.40. The summed E-state index contributed by atoms with van der Waals surface area (Å²) in [5.74, 6) is 0. The Kier molecular flexibility index (Phi) is 2.18. The molecular weight excluding hydrogens is 256 g/mol.